The Morgan fingerprint density at radius 1 is 0.465 bits per heavy atom. The fourth-order valence-corrected chi connectivity index (χ4v) is 15.3. The van der Waals surface area contributed by atoms with Crippen LogP contribution in [-0.2, 0) is 66.9 Å². The van der Waals surface area contributed by atoms with Gasteiger partial charge in [-0.1, -0.05) is 137 Å². The van der Waals surface area contributed by atoms with Crippen LogP contribution in [0.5, 0.6) is 0 Å². The van der Waals surface area contributed by atoms with Crippen molar-refractivity contribution in [1.29, 1.82) is 0 Å². The average Bonchev–Trinajstić information content (AvgIpc) is 1.76. The molecule has 4 unspecified atom stereocenters. The van der Waals surface area contributed by atoms with Crippen LogP contribution in [0.15, 0.2) is 0 Å². The number of likely N-dealkylation sites (tertiary alicyclic amines) is 2. The molecule has 101 heavy (non-hydrogen) atoms. The standard InChI is InChI=1S/C39H72N4O8.C38H70N4O8/c1-16-25(8)35(42(13)39(49)28(22(2)3)20-30(45)34(23(4)5)41(11)12)31(50-14)21-32(46)43-19-17-18-29(43)37(51-15)26(9)38(48)40-33(27(10)44)36(47)24(6)7;1-15-24(8)34(41(12)38(48)27(21(2)3)19-29(44)32(39-11)22(4)5)30(49-13)20-31(45)42-18-16-17-28(42)36(50-14)25(9)37(47)40-33(26(10)43)35(46)23(6)7/h22-29,31,33-35,37,44H,16-21H2,1-15H3,(H,40,48);21-28,30,32-34,36,39,43H,15-20H2,1-14H3,(H,40,47)/t25-,26+,27?,28-,29-,31+,33-,34-,35-,37?;24-,25+,26?,27-,28-,30+,32-,33-,34-,36?/m00/s1. The molecule has 0 radical (unpaired) electrons. The van der Waals surface area contributed by atoms with E-state index in [0.717, 1.165) is 25.7 Å². The molecule has 2 rings (SSSR count). The first-order valence-corrected chi connectivity index (χ1v) is 37.6. The van der Waals surface area contributed by atoms with E-state index in [2.05, 4.69) is 16.0 Å². The molecule has 24 heteroatoms. The van der Waals surface area contributed by atoms with Gasteiger partial charge in [-0.05, 0) is 96.2 Å². The monoisotopic (exact) mass is 1440 g/mol. The second-order valence-corrected chi connectivity index (χ2v) is 31.5. The minimum absolute atomic E-state index is 0.00473. The van der Waals surface area contributed by atoms with Crippen molar-refractivity contribution in [3.05, 3.63) is 0 Å². The molecule has 2 aliphatic rings. The van der Waals surface area contributed by atoms with E-state index in [0.29, 0.717) is 25.9 Å². The van der Waals surface area contributed by atoms with E-state index in [1.807, 2.05) is 102 Å². The third-order valence-electron chi connectivity index (χ3n) is 21.8. The molecule has 0 aromatic heterocycles. The van der Waals surface area contributed by atoms with Gasteiger partial charge in [-0.25, -0.2) is 0 Å². The number of amides is 6. The van der Waals surface area contributed by atoms with Crippen molar-refractivity contribution < 1.29 is 77.1 Å². The molecular formula is C77H142N8O16. The first kappa shape index (κ1) is 94.2. The van der Waals surface area contributed by atoms with Crippen molar-refractivity contribution in [2.75, 3.05) is 76.8 Å². The number of aliphatic hydroxyl groups excluding tert-OH is 2. The summed E-state index contributed by atoms with van der Waals surface area (Å²) in [7, 11) is 15.2. The lowest BCUT2D eigenvalue weighted by Crippen LogP contribution is -2.56. The Kier molecular flexibility index (Phi) is 41.8. The molecule has 0 aliphatic carbocycles. The van der Waals surface area contributed by atoms with Crippen LogP contribution in [0, 0.1) is 71.0 Å². The van der Waals surface area contributed by atoms with Crippen molar-refractivity contribution in [3.63, 3.8) is 0 Å². The lowest BCUT2D eigenvalue weighted by molar-refractivity contribution is -0.149. The maximum Gasteiger partial charge on any atom is 0.226 e. The number of ketones is 4. The van der Waals surface area contributed by atoms with E-state index in [1.54, 1.807) is 96.5 Å². The number of likely N-dealkylation sites (N-methyl/N-ethyl adjacent to an activating group) is 4. The van der Waals surface area contributed by atoms with Gasteiger partial charge in [-0.3, -0.25) is 52.8 Å². The number of carbonyl (C=O) groups is 10. The number of Topliss-reactive ketones (excluding diaryl/α,β-unsaturated/α-hetero) is 4. The molecule has 24 nitrogen and oxygen atoms in total. The van der Waals surface area contributed by atoms with Gasteiger partial charge >= 0.3 is 0 Å². The van der Waals surface area contributed by atoms with Crippen molar-refractivity contribution in [3.8, 4) is 0 Å². The number of hydrogen-bond acceptors (Lipinski definition) is 18. The summed E-state index contributed by atoms with van der Waals surface area (Å²) in [5, 5.41) is 29.0. The smallest absolute Gasteiger partial charge is 0.226 e. The molecule has 0 aromatic rings. The number of ether oxygens (including phenoxy) is 4. The SMILES string of the molecule is CC[C@H](C)[C@@H]([C@@H](CC(=O)N1CCC[C@H]1C(OC)[C@@H](C)C(=O)N[C@H](C(=O)C(C)C)C(C)O)OC)N(C)C(=O)[C@@H](CC(=O)[C@@H](NC)C(C)C)C(C)C.CC[C@H](C)[C@@H]([C@@H](CC(=O)N1CCC[C@H]1C(OC)[C@@H](C)C(=O)N[C@H](C(=O)C(C)C)C(C)O)OC)N(C)C(=O)[C@@H](CC(=O)[C@H](C(C)C)N(C)C)C(C)C. The Morgan fingerprint density at radius 2 is 0.802 bits per heavy atom. The highest BCUT2D eigenvalue weighted by atomic mass is 16.5. The molecule has 5 N–H and O–H groups in total. The summed E-state index contributed by atoms with van der Waals surface area (Å²) >= 11 is 0. The van der Waals surface area contributed by atoms with E-state index in [4.69, 9.17) is 18.9 Å². The third kappa shape index (κ3) is 26.3. The van der Waals surface area contributed by atoms with Gasteiger partial charge in [-0.2, -0.15) is 0 Å². The van der Waals surface area contributed by atoms with E-state index in [1.165, 1.54) is 28.1 Å². The average molecular weight is 1440 g/mol. The summed E-state index contributed by atoms with van der Waals surface area (Å²) in [6.07, 6.45) is -0.182. The number of nitrogens with zero attached hydrogens (tertiary/aromatic N) is 5. The van der Waals surface area contributed by atoms with Crippen LogP contribution in [-0.4, -0.2) is 255 Å². The van der Waals surface area contributed by atoms with Gasteiger partial charge in [0.1, 0.15) is 12.1 Å². The molecule has 0 aromatic carbocycles. The second kappa shape index (κ2) is 44.9. The van der Waals surface area contributed by atoms with Crippen LogP contribution in [0.4, 0.5) is 0 Å². The predicted molar refractivity (Wildman–Crippen MR) is 395 cm³/mol. The summed E-state index contributed by atoms with van der Waals surface area (Å²) < 4.78 is 23.7. The zero-order chi connectivity index (χ0) is 78.1. The van der Waals surface area contributed by atoms with Crippen LogP contribution in [0.2, 0.25) is 0 Å². The Hall–Kier alpha value is -4.82. The highest BCUT2D eigenvalue weighted by molar-refractivity contribution is 5.93. The Morgan fingerprint density at radius 3 is 1.05 bits per heavy atom. The summed E-state index contributed by atoms with van der Waals surface area (Å²) in [5.74, 6) is -5.16. The minimum Gasteiger partial charge on any atom is -0.391 e. The summed E-state index contributed by atoms with van der Waals surface area (Å²) in [4.78, 5) is 144. The molecular weight excluding hydrogens is 1290 g/mol. The van der Waals surface area contributed by atoms with Gasteiger partial charge in [-0.15, -0.1) is 0 Å². The van der Waals surface area contributed by atoms with Gasteiger partial charge < -0.3 is 64.7 Å². The van der Waals surface area contributed by atoms with E-state index < -0.39 is 108 Å². The number of aliphatic hydroxyl groups is 2. The quantitative estimate of drug-likeness (QED) is 0.0400. The van der Waals surface area contributed by atoms with E-state index in [9.17, 15) is 58.2 Å². The fourth-order valence-electron chi connectivity index (χ4n) is 15.3. The number of methoxy groups -OCH3 is 4. The minimum atomic E-state index is -1.07. The highest BCUT2D eigenvalue weighted by Gasteiger charge is 2.47. The van der Waals surface area contributed by atoms with Gasteiger partial charge in [0, 0.05) is 92.1 Å². The maximum absolute atomic E-state index is 14.2. The van der Waals surface area contributed by atoms with Gasteiger partial charge in [0.15, 0.2) is 23.1 Å². The van der Waals surface area contributed by atoms with Crippen molar-refractivity contribution in [1.82, 2.24) is 40.4 Å². The third-order valence-corrected chi connectivity index (χ3v) is 21.8. The molecule has 20 atom stereocenters. The molecule has 586 valence electrons. The summed E-state index contributed by atoms with van der Waals surface area (Å²) in [5.41, 5.74) is 0. The lowest BCUT2D eigenvalue weighted by Gasteiger charge is -2.41. The molecule has 6 amide bonds. The fraction of sp³-hybridized carbons (Fsp3) is 0.870. The number of carbonyl (C=O) groups excluding carboxylic acids is 10. The van der Waals surface area contributed by atoms with Crippen LogP contribution in [0.3, 0.4) is 0 Å². The molecule has 2 saturated heterocycles. The molecule has 0 bridgehead atoms. The van der Waals surface area contributed by atoms with Crippen LogP contribution in [0.1, 0.15) is 203 Å². The molecule has 0 spiro atoms. The van der Waals surface area contributed by atoms with Crippen molar-refractivity contribution >= 4 is 58.6 Å². The van der Waals surface area contributed by atoms with Crippen LogP contribution in [0.25, 0.3) is 0 Å². The van der Waals surface area contributed by atoms with E-state index >= 15 is 0 Å². The zero-order valence-electron chi connectivity index (χ0n) is 67.8. The second-order valence-electron chi connectivity index (χ2n) is 31.5. The Balaban J connectivity index is 0.00000101. The molecule has 2 fully saturated rings. The van der Waals surface area contributed by atoms with Crippen LogP contribution >= 0.6 is 0 Å². The zero-order valence-corrected chi connectivity index (χ0v) is 67.8. The van der Waals surface area contributed by atoms with E-state index in [-0.39, 0.29) is 132 Å². The normalized spacial score (nSPS) is 20.5. The highest BCUT2D eigenvalue weighted by Crippen LogP contribution is 2.34. The Labute approximate surface area is 609 Å². The maximum atomic E-state index is 14.2. The van der Waals surface area contributed by atoms with Crippen LogP contribution < -0.4 is 16.0 Å². The summed E-state index contributed by atoms with van der Waals surface area (Å²) in [6.45, 7) is 38.2. The Bertz CT molecular complexity index is 2590. The molecule has 2 aliphatic heterocycles. The summed E-state index contributed by atoms with van der Waals surface area (Å²) in [6, 6.07) is -4.37. The largest absolute Gasteiger partial charge is 0.391 e. The first-order valence-electron chi connectivity index (χ1n) is 37.6. The predicted octanol–water partition coefficient (Wildman–Crippen LogP) is 7.29. The van der Waals surface area contributed by atoms with Gasteiger partial charge in [0.25, 0.3) is 0 Å². The topological polar surface area (TPSA) is 300 Å². The first-order chi connectivity index (χ1) is 47.0. The van der Waals surface area contributed by atoms with Crippen molar-refractivity contribution in [2.45, 2.75) is 288 Å². The number of nitrogens with one attached hydrogen (secondary N) is 3. The molecule has 2 heterocycles. The number of rotatable bonds is 44. The van der Waals surface area contributed by atoms with Gasteiger partial charge in [0.2, 0.25) is 35.4 Å². The lowest BCUT2D eigenvalue weighted by atomic mass is 9.83. The van der Waals surface area contributed by atoms with Crippen molar-refractivity contribution in [2.24, 2.45) is 71.0 Å². The van der Waals surface area contributed by atoms with Gasteiger partial charge in [0.05, 0.1) is 97.6 Å². The molecule has 0 saturated carbocycles. The number of hydrogen-bond donors (Lipinski definition) is 5.